The van der Waals surface area contributed by atoms with E-state index < -0.39 is 9.84 Å². The first-order valence-electron chi connectivity index (χ1n) is 5.87. The molecule has 1 heterocycles. The summed E-state index contributed by atoms with van der Waals surface area (Å²) in [6.45, 7) is 1.39. The van der Waals surface area contributed by atoms with Crippen LogP contribution in [0.15, 0.2) is 6.20 Å². The molecule has 0 bridgehead atoms. The minimum absolute atomic E-state index is 0.230. The van der Waals surface area contributed by atoms with Crippen LogP contribution in [0.5, 0.6) is 0 Å². The van der Waals surface area contributed by atoms with Crippen molar-refractivity contribution in [2.24, 2.45) is 7.05 Å². The molecule has 1 N–H and O–H groups in total. The lowest BCUT2D eigenvalue weighted by atomic mass is 10.4. The standard InChI is InChI=1S/C11H22N4O2S/c1-14(2)11-13-9-10(15(11)3)8-12-6-5-7-18(4,16)17/h9,12H,5-8H2,1-4H3. The summed E-state index contributed by atoms with van der Waals surface area (Å²) in [6.07, 6.45) is 3.73. The summed E-state index contributed by atoms with van der Waals surface area (Å²) in [5.41, 5.74) is 1.08. The molecular weight excluding hydrogens is 252 g/mol. The van der Waals surface area contributed by atoms with E-state index in [4.69, 9.17) is 0 Å². The Morgan fingerprint density at radius 1 is 1.44 bits per heavy atom. The van der Waals surface area contributed by atoms with Gasteiger partial charge in [-0.1, -0.05) is 0 Å². The second-order valence-electron chi connectivity index (χ2n) is 4.66. The van der Waals surface area contributed by atoms with Gasteiger partial charge in [-0.2, -0.15) is 0 Å². The van der Waals surface area contributed by atoms with Gasteiger partial charge < -0.3 is 14.8 Å². The number of rotatable bonds is 7. The van der Waals surface area contributed by atoms with E-state index in [0.29, 0.717) is 19.5 Å². The van der Waals surface area contributed by atoms with Crippen molar-refractivity contribution in [2.75, 3.05) is 37.5 Å². The predicted molar refractivity (Wildman–Crippen MR) is 73.6 cm³/mol. The maximum atomic E-state index is 10.9. The van der Waals surface area contributed by atoms with E-state index in [2.05, 4.69) is 10.3 Å². The molecule has 0 aliphatic rings. The normalized spacial score (nSPS) is 11.8. The Kier molecular flexibility index (Phi) is 5.15. The van der Waals surface area contributed by atoms with Crippen molar-refractivity contribution in [1.82, 2.24) is 14.9 Å². The summed E-state index contributed by atoms with van der Waals surface area (Å²) in [7, 11) is 3.02. The molecule has 0 amide bonds. The summed E-state index contributed by atoms with van der Waals surface area (Å²) >= 11 is 0. The third kappa shape index (κ3) is 4.66. The molecule has 0 unspecified atom stereocenters. The Hall–Kier alpha value is -1.08. The molecule has 6 nitrogen and oxygen atoms in total. The van der Waals surface area contributed by atoms with Crippen LogP contribution in [0, 0.1) is 0 Å². The largest absolute Gasteiger partial charge is 0.348 e. The Morgan fingerprint density at radius 2 is 2.11 bits per heavy atom. The zero-order valence-electron chi connectivity index (χ0n) is 11.5. The van der Waals surface area contributed by atoms with Crippen LogP contribution in [0.1, 0.15) is 12.1 Å². The van der Waals surface area contributed by atoms with Gasteiger partial charge in [0.05, 0.1) is 17.6 Å². The van der Waals surface area contributed by atoms with Crippen molar-refractivity contribution in [3.63, 3.8) is 0 Å². The van der Waals surface area contributed by atoms with Gasteiger partial charge in [0, 0.05) is 33.9 Å². The van der Waals surface area contributed by atoms with Gasteiger partial charge in [0.1, 0.15) is 9.84 Å². The fourth-order valence-electron chi connectivity index (χ4n) is 1.69. The summed E-state index contributed by atoms with van der Waals surface area (Å²) in [4.78, 5) is 6.26. The lowest BCUT2D eigenvalue weighted by Crippen LogP contribution is -2.20. The average Bonchev–Trinajstić information content (AvgIpc) is 2.58. The molecule has 0 saturated carbocycles. The van der Waals surface area contributed by atoms with Gasteiger partial charge in [-0.25, -0.2) is 13.4 Å². The van der Waals surface area contributed by atoms with E-state index in [1.54, 1.807) is 0 Å². The van der Waals surface area contributed by atoms with Crippen molar-refractivity contribution in [2.45, 2.75) is 13.0 Å². The molecule has 0 spiro atoms. The van der Waals surface area contributed by atoms with Gasteiger partial charge in [-0.05, 0) is 13.0 Å². The highest BCUT2D eigenvalue weighted by atomic mass is 32.2. The Labute approximate surface area is 109 Å². The summed E-state index contributed by atoms with van der Waals surface area (Å²) < 4.78 is 23.9. The lowest BCUT2D eigenvalue weighted by molar-refractivity contribution is 0.592. The van der Waals surface area contributed by atoms with Gasteiger partial charge in [0.15, 0.2) is 0 Å². The highest BCUT2D eigenvalue weighted by molar-refractivity contribution is 7.90. The minimum Gasteiger partial charge on any atom is -0.348 e. The third-order valence-electron chi connectivity index (χ3n) is 2.63. The molecule has 0 aromatic carbocycles. The van der Waals surface area contributed by atoms with Crippen LogP contribution < -0.4 is 10.2 Å². The minimum atomic E-state index is -2.85. The highest BCUT2D eigenvalue weighted by Gasteiger charge is 2.07. The molecular formula is C11H22N4O2S. The molecule has 0 aliphatic carbocycles. The molecule has 0 radical (unpaired) electrons. The smallest absolute Gasteiger partial charge is 0.204 e. The average molecular weight is 274 g/mol. The van der Waals surface area contributed by atoms with Crippen LogP contribution in [0.2, 0.25) is 0 Å². The number of anilines is 1. The first-order valence-corrected chi connectivity index (χ1v) is 7.93. The monoisotopic (exact) mass is 274 g/mol. The molecule has 0 saturated heterocycles. The van der Waals surface area contributed by atoms with E-state index in [-0.39, 0.29) is 5.75 Å². The second kappa shape index (κ2) is 6.19. The van der Waals surface area contributed by atoms with Crippen LogP contribution in [0.25, 0.3) is 0 Å². The van der Waals surface area contributed by atoms with Crippen LogP contribution >= 0.6 is 0 Å². The zero-order chi connectivity index (χ0) is 13.8. The molecule has 0 aliphatic heterocycles. The van der Waals surface area contributed by atoms with Crippen molar-refractivity contribution in [3.8, 4) is 0 Å². The Morgan fingerprint density at radius 3 is 2.61 bits per heavy atom. The van der Waals surface area contributed by atoms with Crippen LogP contribution in [0.4, 0.5) is 5.95 Å². The molecule has 1 aromatic heterocycles. The van der Waals surface area contributed by atoms with Crippen molar-refractivity contribution < 1.29 is 8.42 Å². The Bertz CT molecular complexity index is 479. The summed E-state index contributed by atoms with van der Waals surface area (Å²) in [5, 5.41) is 3.22. The molecule has 7 heteroatoms. The molecule has 18 heavy (non-hydrogen) atoms. The second-order valence-corrected chi connectivity index (χ2v) is 6.92. The molecule has 1 rings (SSSR count). The maximum absolute atomic E-state index is 10.9. The first-order chi connectivity index (χ1) is 8.31. The quantitative estimate of drug-likeness (QED) is 0.710. The van der Waals surface area contributed by atoms with Gasteiger partial charge in [-0.15, -0.1) is 0 Å². The number of hydrogen-bond donors (Lipinski definition) is 1. The van der Waals surface area contributed by atoms with Gasteiger partial charge >= 0.3 is 0 Å². The number of sulfone groups is 1. The third-order valence-corrected chi connectivity index (χ3v) is 3.66. The number of nitrogens with zero attached hydrogens (tertiary/aromatic N) is 3. The van der Waals surface area contributed by atoms with E-state index >= 15 is 0 Å². The SMILES string of the molecule is CN(C)c1ncc(CNCCCS(C)(=O)=O)n1C. The molecule has 1 aromatic rings. The van der Waals surface area contributed by atoms with E-state index in [1.807, 2.05) is 36.8 Å². The molecule has 0 fully saturated rings. The molecule has 104 valence electrons. The zero-order valence-corrected chi connectivity index (χ0v) is 12.3. The lowest BCUT2D eigenvalue weighted by Gasteiger charge is -2.12. The fraction of sp³-hybridized carbons (Fsp3) is 0.727. The van der Waals surface area contributed by atoms with Crippen molar-refractivity contribution in [1.29, 1.82) is 0 Å². The fourth-order valence-corrected chi connectivity index (χ4v) is 2.36. The predicted octanol–water partition coefficient (Wildman–Crippen LogP) is 0.0104. The van der Waals surface area contributed by atoms with E-state index in [9.17, 15) is 8.42 Å². The van der Waals surface area contributed by atoms with Gasteiger partial charge in [-0.3, -0.25) is 0 Å². The highest BCUT2D eigenvalue weighted by Crippen LogP contribution is 2.10. The van der Waals surface area contributed by atoms with Crippen molar-refractivity contribution >= 4 is 15.8 Å². The number of imidazole rings is 1. The topological polar surface area (TPSA) is 67.2 Å². The Balaban J connectivity index is 2.36. The first kappa shape index (κ1) is 15.0. The van der Waals surface area contributed by atoms with Gasteiger partial charge in [0.2, 0.25) is 5.95 Å². The maximum Gasteiger partial charge on any atom is 0.204 e. The molecule has 0 atom stereocenters. The van der Waals surface area contributed by atoms with Crippen molar-refractivity contribution in [3.05, 3.63) is 11.9 Å². The van der Waals surface area contributed by atoms with Gasteiger partial charge in [0.25, 0.3) is 0 Å². The van der Waals surface area contributed by atoms with Crippen LogP contribution in [-0.4, -0.2) is 50.6 Å². The number of nitrogens with one attached hydrogen (secondary N) is 1. The summed E-state index contributed by atoms with van der Waals surface area (Å²) in [5.74, 6) is 1.14. The van der Waals surface area contributed by atoms with E-state index in [0.717, 1.165) is 11.6 Å². The van der Waals surface area contributed by atoms with Crippen LogP contribution in [0.3, 0.4) is 0 Å². The number of aromatic nitrogens is 2. The van der Waals surface area contributed by atoms with Crippen LogP contribution in [-0.2, 0) is 23.4 Å². The van der Waals surface area contributed by atoms with E-state index in [1.165, 1.54) is 6.26 Å². The summed E-state index contributed by atoms with van der Waals surface area (Å²) in [6, 6.07) is 0. The number of hydrogen-bond acceptors (Lipinski definition) is 5.